The molecule has 2 aromatic carbocycles. The molecule has 0 unspecified atom stereocenters. The average Bonchev–Trinajstić information content (AvgIpc) is 3.68. The molecule has 1 aliphatic heterocycles. The highest BCUT2D eigenvalue weighted by molar-refractivity contribution is 6.04. The Hall–Kier alpha value is -5.81. The van der Waals surface area contributed by atoms with E-state index in [2.05, 4.69) is 25.6 Å². The molecule has 3 amide bonds. The van der Waals surface area contributed by atoms with Crippen molar-refractivity contribution < 1.29 is 28.8 Å². The van der Waals surface area contributed by atoms with Gasteiger partial charge in [-0.2, -0.15) is 5.10 Å². The minimum absolute atomic E-state index is 0.0723. The number of primary amides is 2. The molecule has 0 bridgehead atoms. The van der Waals surface area contributed by atoms with Crippen molar-refractivity contribution in [2.45, 2.75) is 46.2 Å². The predicted molar refractivity (Wildman–Crippen MR) is 195 cm³/mol. The third kappa shape index (κ3) is 8.73. The number of anilines is 2. The van der Waals surface area contributed by atoms with Crippen LogP contribution in [0.3, 0.4) is 0 Å². The molecule has 2 aromatic heterocycles. The van der Waals surface area contributed by atoms with E-state index in [0.29, 0.717) is 65.6 Å². The number of allylic oxidation sites excluding steroid dienone is 1. The molecule has 5 rings (SSSR count). The number of imidazole rings is 1. The average molecular weight is 717 g/mol. The second kappa shape index (κ2) is 16.9. The van der Waals surface area contributed by atoms with Crippen molar-refractivity contribution in [1.29, 1.82) is 0 Å². The quantitative estimate of drug-likeness (QED) is 0.0537. The fourth-order valence-corrected chi connectivity index (χ4v) is 6.21. The number of hydrogen-bond acceptors (Lipinski definition) is 11. The number of hydrogen-bond donors (Lipinski definition) is 4. The number of fused-ring (bicyclic) bond motifs is 1. The van der Waals surface area contributed by atoms with Gasteiger partial charge < -0.3 is 30.8 Å². The van der Waals surface area contributed by atoms with Gasteiger partial charge in [-0.25, -0.2) is 4.98 Å². The number of carbonyl (C=O) groups is 3. The standard InChI is InChI=1S/C35H44N10O7/c1-4-44-28(17-22(2)41-44)34(48)40-35-39-26-19-25(33(37)47)21-29(51-3)31(26)43(35)12-8-6-10-38-30-23(9-5-7-11-42-13-15-52-16-14-42)18-24(32(36)46)20-27(30)45(49)50/h6,8,17-21,38H,4-5,7,9-16H2,1-3H3,(H2,36,46)(H2,37,47)(H,39,40,48)/b8-6+. The maximum absolute atomic E-state index is 13.4. The van der Waals surface area contributed by atoms with Crippen LogP contribution in [0.2, 0.25) is 0 Å². The lowest BCUT2D eigenvalue weighted by Crippen LogP contribution is -2.36. The van der Waals surface area contributed by atoms with Gasteiger partial charge in [0.25, 0.3) is 11.6 Å². The zero-order chi connectivity index (χ0) is 37.4. The summed E-state index contributed by atoms with van der Waals surface area (Å²) in [5.41, 5.74) is 14.0. The van der Waals surface area contributed by atoms with Crippen LogP contribution in [0.15, 0.2) is 42.5 Å². The lowest BCUT2D eigenvalue weighted by molar-refractivity contribution is -0.384. The number of nitrogens with one attached hydrogen (secondary N) is 2. The van der Waals surface area contributed by atoms with E-state index in [4.69, 9.17) is 20.9 Å². The lowest BCUT2D eigenvalue weighted by atomic mass is 10.0. The summed E-state index contributed by atoms with van der Waals surface area (Å²) in [5.74, 6) is -1.32. The maximum Gasteiger partial charge on any atom is 0.293 e. The van der Waals surface area contributed by atoms with Crippen molar-refractivity contribution in [3.05, 3.63) is 80.7 Å². The van der Waals surface area contributed by atoms with Gasteiger partial charge in [0.2, 0.25) is 17.8 Å². The molecule has 3 heterocycles. The van der Waals surface area contributed by atoms with E-state index in [1.807, 2.05) is 6.92 Å². The molecule has 1 fully saturated rings. The summed E-state index contributed by atoms with van der Waals surface area (Å²) in [6.45, 7) is 8.59. The second-order valence-corrected chi connectivity index (χ2v) is 12.3. The number of benzene rings is 2. The van der Waals surface area contributed by atoms with Crippen molar-refractivity contribution in [2.24, 2.45) is 11.5 Å². The number of rotatable bonds is 17. The summed E-state index contributed by atoms with van der Waals surface area (Å²) in [4.78, 5) is 56.1. The number of nitro groups is 1. The molecule has 17 nitrogen and oxygen atoms in total. The van der Waals surface area contributed by atoms with E-state index < -0.39 is 22.6 Å². The fourth-order valence-electron chi connectivity index (χ4n) is 6.21. The zero-order valence-electron chi connectivity index (χ0n) is 29.5. The zero-order valence-corrected chi connectivity index (χ0v) is 29.5. The number of morpholine rings is 1. The van der Waals surface area contributed by atoms with Gasteiger partial charge in [0.1, 0.15) is 22.6 Å². The molecule has 0 aliphatic carbocycles. The minimum Gasteiger partial charge on any atom is -0.494 e. The minimum atomic E-state index is -0.743. The SMILES string of the molecule is CCn1nc(C)cc1C(=O)Nc1nc2cc(C(N)=O)cc(OC)c2n1C/C=C/CNc1c(CCCCN2CCOCC2)cc(C(N)=O)cc1[N+](=O)[O-]. The highest BCUT2D eigenvalue weighted by Gasteiger charge is 2.23. The molecular formula is C35H44N10O7. The van der Waals surface area contributed by atoms with E-state index in [-0.39, 0.29) is 35.9 Å². The van der Waals surface area contributed by atoms with Gasteiger partial charge in [0, 0.05) is 49.9 Å². The number of amides is 3. The molecular weight excluding hydrogens is 672 g/mol. The first-order valence-electron chi connectivity index (χ1n) is 17.0. The smallest absolute Gasteiger partial charge is 0.293 e. The number of aromatic nitrogens is 4. The molecule has 1 saturated heterocycles. The van der Waals surface area contributed by atoms with E-state index in [1.54, 1.807) is 40.5 Å². The molecule has 1 aliphatic rings. The monoisotopic (exact) mass is 716 g/mol. The Balaban J connectivity index is 1.38. The number of nitrogens with two attached hydrogens (primary N) is 2. The van der Waals surface area contributed by atoms with Crippen LogP contribution in [-0.2, 0) is 24.2 Å². The third-order valence-corrected chi connectivity index (χ3v) is 8.78. The van der Waals surface area contributed by atoms with E-state index in [9.17, 15) is 24.5 Å². The van der Waals surface area contributed by atoms with E-state index in [1.165, 1.54) is 25.3 Å². The Morgan fingerprint density at radius 1 is 1.06 bits per heavy atom. The molecule has 52 heavy (non-hydrogen) atoms. The number of nitro benzene ring substituents is 1. The lowest BCUT2D eigenvalue weighted by Gasteiger charge is -2.26. The van der Waals surface area contributed by atoms with Gasteiger partial charge in [0.15, 0.2) is 0 Å². The Bertz CT molecular complexity index is 2000. The van der Waals surface area contributed by atoms with Crippen molar-refractivity contribution >= 4 is 46.1 Å². The van der Waals surface area contributed by atoms with Gasteiger partial charge in [-0.05, 0) is 69.5 Å². The van der Waals surface area contributed by atoms with Crippen LogP contribution in [-0.4, -0.2) is 93.4 Å². The summed E-state index contributed by atoms with van der Waals surface area (Å²) in [5, 5.41) is 22.5. The second-order valence-electron chi connectivity index (χ2n) is 12.3. The highest BCUT2D eigenvalue weighted by atomic mass is 16.6. The molecule has 4 aromatic rings. The van der Waals surface area contributed by atoms with Crippen LogP contribution in [0.5, 0.6) is 5.75 Å². The van der Waals surface area contributed by atoms with Crippen molar-refractivity contribution in [3.8, 4) is 5.75 Å². The maximum atomic E-state index is 13.4. The molecule has 276 valence electrons. The molecule has 17 heteroatoms. The van der Waals surface area contributed by atoms with Crippen molar-refractivity contribution in [2.75, 3.05) is 57.1 Å². The third-order valence-electron chi connectivity index (χ3n) is 8.78. The molecule has 0 radical (unpaired) electrons. The number of aryl methyl sites for hydroxylation is 3. The fraction of sp³-hybridized carbons (Fsp3) is 0.400. The molecule has 0 spiro atoms. The molecule has 0 atom stereocenters. The van der Waals surface area contributed by atoms with Gasteiger partial charge in [0.05, 0.1) is 36.5 Å². The van der Waals surface area contributed by atoms with Gasteiger partial charge in [-0.15, -0.1) is 0 Å². The first-order chi connectivity index (χ1) is 25.0. The number of carbonyl (C=O) groups excluding carboxylic acids is 3. The van der Waals surface area contributed by atoms with Crippen molar-refractivity contribution in [1.82, 2.24) is 24.2 Å². The Morgan fingerprint density at radius 2 is 1.79 bits per heavy atom. The largest absolute Gasteiger partial charge is 0.494 e. The first-order valence-corrected chi connectivity index (χ1v) is 17.0. The molecule has 6 N–H and O–H groups in total. The van der Waals surface area contributed by atoms with Crippen LogP contribution >= 0.6 is 0 Å². The summed E-state index contributed by atoms with van der Waals surface area (Å²) in [6, 6.07) is 7.51. The Morgan fingerprint density at radius 3 is 2.46 bits per heavy atom. The van der Waals surface area contributed by atoms with E-state index >= 15 is 0 Å². The highest BCUT2D eigenvalue weighted by Crippen LogP contribution is 2.33. The molecule has 0 saturated carbocycles. The number of ether oxygens (including phenoxy) is 2. The van der Waals surface area contributed by atoms with E-state index in [0.717, 1.165) is 32.5 Å². The van der Waals surface area contributed by atoms with Crippen LogP contribution in [0.25, 0.3) is 11.0 Å². The van der Waals surface area contributed by atoms with Crippen LogP contribution in [0.4, 0.5) is 17.3 Å². The summed E-state index contributed by atoms with van der Waals surface area (Å²) in [7, 11) is 1.45. The Labute approximate surface area is 300 Å². The number of nitrogens with zero attached hydrogens (tertiary/aromatic N) is 6. The number of methoxy groups -OCH3 is 1. The topological polar surface area (TPSA) is 228 Å². The number of unbranched alkanes of at least 4 members (excludes halogenated alkanes) is 1. The predicted octanol–water partition coefficient (Wildman–Crippen LogP) is 3.25. The van der Waals surface area contributed by atoms with Crippen LogP contribution < -0.4 is 26.8 Å². The van der Waals surface area contributed by atoms with Crippen LogP contribution in [0, 0.1) is 17.0 Å². The first kappa shape index (κ1) is 37.4. The van der Waals surface area contributed by atoms with Gasteiger partial charge in [-0.1, -0.05) is 12.2 Å². The normalized spacial score (nSPS) is 13.4. The van der Waals surface area contributed by atoms with Gasteiger partial charge >= 0.3 is 0 Å². The van der Waals surface area contributed by atoms with Crippen molar-refractivity contribution in [3.63, 3.8) is 0 Å². The van der Waals surface area contributed by atoms with Crippen LogP contribution in [0.1, 0.15) is 62.2 Å². The Kier molecular flexibility index (Phi) is 12.2. The van der Waals surface area contributed by atoms with Gasteiger partial charge in [-0.3, -0.25) is 39.4 Å². The summed E-state index contributed by atoms with van der Waals surface area (Å²) < 4.78 is 14.3. The summed E-state index contributed by atoms with van der Waals surface area (Å²) in [6.07, 6.45) is 5.71. The summed E-state index contributed by atoms with van der Waals surface area (Å²) >= 11 is 0.